The van der Waals surface area contributed by atoms with Crippen molar-refractivity contribution >= 4 is 29.3 Å². The minimum Gasteiger partial charge on any atom is -0.483 e. The van der Waals surface area contributed by atoms with Crippen LogP contribution in [-0.2, 0) is 9.53 Å². The monoisotopic (exact) mass is 297 g/mol. The van der Waals surface area contributed by atoms with E-state index in [4.69, 9.17) is 17.0 Å². The number of carbonyl (C=O) groups excluding carboxylic acids is 2. The lowest BCUT2D eigenvalue weighted by molar-refractivity contribution is -0.121. The van der Waals surface area contributed by atoms with E-state index in [1.54, 1.807) is 6.07 Å². The number of aryl methyl sites for hydroxylation is 1. The zero-order valence-corrected chi connectivity index (χ0v) is 11.9. The third kappa shape index (κ3) is 5.53. The maximum Gasteiger partial charge on any atom is 0.425 e. The number of methoxy groups -OCH3 is 1. The molecule has 0 unspecified atom stereocenters. The average molecular weight is 297 g/mol. The largest absolute Gasteiger partial charge is 0.483 e. The molecule has 3 N–H and O–H groups in total. The fourth-order valence-electron chi connectivity index (χ4n) is 1.21. The fraction of sp³-hybridized carbons (Fsp3) is 0.250. The Morgan fingerprint density at radius 3 is 2.60 bits per heavy atom. The van der Waals surface area contributed by atoms with Gasteiger partial charge in [-0.25, -0.2) is 10.2 Å². The Bertz CT molecular complexity index is 507. The lowest BCUT2D eigenvalue weighted by Gasteiger charge is -2.11. The number of amides is 2. The number of hydrazine groups is 1. The van der Waals surface area contributed by atoms with Gasteiger partial charge in [0.25, 0.3) is 5.91 Å². The quantitative estimate of drug-likeness (QED) is 0.560. The molecule has 0 bridgehead atoms. The highest BCUT2D eigenvalue weighted by molar-refractivity contribution is 7.80. The summed E-state index contributed by atoms with van der Waals surface area (Å²) < 4.78 is 9.65. The van der Waals surface area contributed by atoms with Gasteiger partial charge in [0, 0.05) is 0 Å². The van der Waals surface area contributed by atoms with Crippen LogP contribution in [0.25, 0.3) is 0 Å². The summed E-state index contributed by atoms with van der Waals surface area (Å²) in [6, 6.07) is 7.32. The number of hydrogen-bond donors (Lipinski definition) is 3. The van der Waals surface area contributed by atoms with Crippen molar-refractivity contribution in [2.45, 2.75) is 6.92 Å². The Hall–Kier alpha value is -2.35. The second-order valence-corrected chi connectivity index (χ2v) is 4.08. The van der Waals surface area contributed by atoms with E-state index in [-0.39, 0.29) is 11.7 Å². The second kappa shape index (κ2) is 7.95. The molecule has 7 nitrogen and oxygen atoms in total. The molecule has 0 atom stereocenters. The summed E-state index contributed by atoms with van der Waals surface area (Å²) in [6.07, 6.45) is -0.724. The van der Waals surface area contributed by atoms with Crippen LogP contribution in [0.5, 0.6) is 5.75 Å². The van der Waals surface area contributed by atoms with E-state index in [0.717, 1.165) is 5.56 Å². The third-order valence-corrected chi connectivity index (χ3v) is 2.37. The molecule has 8 heteroatoms. The summed E-state index contributed by atoms with van der Waals surface area (Å²) in [6.45, 7) is 1.69. The van der Waals surface area contributed by atoms with E-state index in [1.807, 2.05) is 25.1 Å². The molecule has 0 aliphatic carbocycles. The number of carbonyl (C=O) groups is 2. The molecule has 0 saturated carbocycles. The Kier molecular flexibility index (Phi) is 6.24. The number of hydrogen-bond acceptors (Lipinski definition) is 5. The van der Waals surface area contributed by atoms with Gasteiger partial charge < -0.3 is 9.47 Å². The summed E-state index contributed by atoms with van der Waals surface area (Å²) in [5.41, 5.74) is 5.33. The van der Waals surface area contributed by atoms with Gasteiger partial charge in [0.05, 0.1) is 7.11 Å². The molecule has 0 aromatic heterocycles. The van der Waals surface area contributed by atoms with Crippen LogP contribution < -0.4 is 20.9 Å². The van der Waals surface area contributed by atoms with Gasteiger partial charge in [-0.1, -0.05) is 18.2 Å². The average Bonchev–Trinajstić information content (AvgIpc) is 2.43. The lowest BCUT2D eigenvalue weighted by atomic mass is 10.2. The van der Waals surface area contributed by atoms with Crippen LogP contribution in [0.2, 0.25) is 0 Å². The maximum absolute atomic E-state index is 11.5. The van der Waals surface area contributed by atoms with Crippen molar-refractivity contribution in [2.24, 2.45) is 0 Å². The first kappa shape index (κ1) is 15.7. The molecular formula is C12H15N3O4S. The Labute approximate surface area is 121 Å². The number of para-hydroxylation sites is 1. The van der Waals surface area contributed by atoms with Crippen molar-refractivity contribution in [1.82, 2.24) is 16.2 Å². The minimum absolute atomic E-state index is 0.0613. The molecule has 20 heavy (non-hydrogen) atoms. The number of ether oxygens (including phenoxy) is 2. The molecule has 1 aromatic rings. The molecule has 0 saturated heterocycles. The van der Waals surface area contributed by atoms with Crippen LogP contribution >= 0.6 is 12.2 Å². The highest BCUT2D eigenvalue weighted by Gasteiger charge is 2.07. The van der Waals surface area contributed by atoms with Gasteiger partial charge in [-0.2, -0.15) is 0 Å². The van der Waals surface area contributed by atoms with Crippen LogP contribution in [0.1, 0.15) is 5.56 Å². The normalized spacial score (nSPS) is 9.30. The molecule has 0 aliphatic heterocycles. The van der Waals surface area contributed by atoms with Crippen LogP contribution in [0.3, 0.4) is 0 Å². The van der Waals surface area contributed by atoms with Crippen molar-refractivity contribution in [3.05, 3.63) is 29.8 Å². The summed E-state index contributed by atoms with van der Waals surface area (Å²) >= 11 is 4.78. The molecule has 2 amide bonds. The smallest absolute Gasteiger partial charge is 0.425 e. The predicted octanol–water partition coefficient (Wildman–Crippen LogP) is 0.636. The molecule has 1 aromatic carbocycles. The van der Waals surface area contributed by atoms with E-state index in [9.17, 15) is 9.59 Å². The zero-order valence-electron chi connectivity index (χ0n) is 11.1. The second-order valence-electron chi connectivity index (χ2n) is 3.67. The first-order valence-electron chi connectivity index (χ1n) is 5.65. The minimum atomic E-state index is -0.724. The van der Waals surface area contributed by atoms with Crippen molar-refractivity contribution in [3.63, 3.8) is 0 Å². The zero-order chi connectivity index (χ0) is 15.0. The molecule has 108 valence electrons. The van der Waals surface area contributed by atoms with E-state index in [1.165, 1.54) is 7.11 Å². The van der Waals surface area contributed by atoms with Gasteiger partial charge in [0.1, 0.15) is 5.75 Å². The van der Waals surface area contributed by atoms with Gasteiger partial charge in [-0.05, 0) is 30.8 Å². The molecule has 0 fully saturated rings. The third-order valence-electron chi connectivity index (χ3n) is 2.17. The van der Waals surface area contributed by atoms with Crippen molar-refractivity contribution < 1.29 is 19.1 Å². The maximum atomic E-state index is 11.5. The first-order chi connectivity index (χ1) is 9.52. The van der Waals surface area contributed by atoms with Gasteiger partial charge in [-0.3, -0.25) is 15.5 Å². The van der Waals surface area contributed by atoms with Gasteiger partial charge in [-0.15, -0.1) is 0 Å². The molecular weight excluding hydrogens is 282 g/mol. The molecule has 1 rings (SSSR count). The number of nitrogens with one attached hydrogen (secondary N) is 3. The first-order valence-corrected chi connectivity index (χ1v) is 6.06. The van der Waals surface area contributed by atoms with Crippen LogP contribution in [-0.4, -0.2) is 30.8 Å². The van der Waals surface area contributed by atoms with E-state index in [2.05, 4.69) is 20.9 Å². The van der Waals surface area contributed by atoms with E-state index in [0.29, 0.717) is 5.75 Å². The molecule has 0 radical (unpaired) electrons. The standard InChI is InChI=1S/C12H15N3O4S/c1-8-5-3-4-6-9(8)19-7-10(16)13-11(20)14-15-12(17)18-2/h3-6H,7H2,1-2H3,(H,15,17)(H2,13,14,16,20). The highest BCUT2D eigenvalue weighted by Crippen LogP contribution is 2.15. The SMILES string of the molecule is COC(=O)NNC(=S)NC(=O)COc1ccccc1C. The molecule has 0 heterocycles. The van der Waals surface area contributed by atoms with Crippen LogP contribution in [0, 0.1) is 6.92 Å². The van der Waals surface area contributed by atoms with Gasteiger partial charge in [0.2, 0.25) is 0 Å². The van der Waals surface area contributed by atoms with Gasteiger partial charge >= 0.3 is 6.09 Å². The number of benzene rings is 1. The highest BCUT2D eigenvalue weighted by atomic mass is 32.1. The fourth-order valence-corrected chi connectivity index (χ4v) is 1.38. The summed E-state index contributed by atoms with van der Waals surface area (Å²) in [5.74, 6) is 0.173. The van der Waals surface area contributed by atoms with Crippen molar-refractivity contribution in [1.29, 1.82) is 0 Å². The number of thiocarbonyl (C=S) groups is 1. The summed E-state index contributed by atoms with van der Waals surface area (Å²) in [4.78, 5) is 22.3. The Morgan fingerprint density at radius 2 is 1.95 bits per heavy atom. The van der Waals surface area contributed by atoms with Crippen LogP contribution in [0.4, 0.5) is 4.79 Å². The van der Waals surface area contributed by atoms with Crippen LogP contribution in [0.15, 0.2) is 24.3 Å². The summed E-state index contributed by atoms with van der Waals surface area (Å²) in [7, 11) is 1.20. The Balaban J connectivity index is 2.32. The Morgan fingerprint density at radius 1 is 1.25 bits per heavy atom. The number of rotatable bonds is 3. The van der Waals surface area contributed by atoms with Crippen molar-refractivity contribution in [3.8, 4) is 5.75 Å². The van der Waals surface area contributed by atoms with E-state index < -0.39 is 12.0 Å². The lowest BCUT2D eigenvalue weighted by Crippen LogP contribution is -2.49. The van der Waals surface area contributed by atoms with E-state index >= 15 is 0 Å². The predicted molar refractivity (Wildman–Crippen MR) is 76.1 cm³/mol. The topological polar surface area (TPSA) is 88.7 Å². The van der Waals surface area contributed by atoms with Gasteiger partial charge in [0.15, 0.2) is 11.7 Å². The van der Waals surface area contributed by atoms with Crippen molar-refractivity contribution in [2.75, 3.05) is 13.7 Å². The molecule has 0 spiro atoms. The summed E-state index contributed by atoms with van der Waals surface area (Å²) in [5, 5.41) is 2.27. The molecule has 0 aliphatic rings.